The molecule has 1 aromatic carbocycles. The summed E-state index contributed by atoms with van der Waals surface area (Å²) in [6.45, 7) is 1.85. The summed E-state index contributed by atoms with van der Waals surface area (Å²) in [5, 5.41) is 15.9. The van der Waals surface area contributed by atoms with Crippen LogP contribution in [-0.4, -0.2) is 38.9 Å². The van der Waals surface area contributed by atoms with Gasteiger partial charge in [0.2, 0.25) is 0 Å². The van der Waals surface area contributed by atoms with Crippen LogP contribution < -0.4 is 10.1 Å². The van der Waals surface area contributed by atoms with E-state index in [9.17, 15) is 9.59 Å². The van der Waals surface area contributed by atoms with Crippen molar-refractivity contribution in [3.05, 3.63) is 33.3 Å². The highest BCUT2D eigenvalue weighted by atomic mass is 35.5. The largest absolute Gasteiger partial charge is 0.482 e. The van der Waals surface area contributed by atoms with Crippen molar-refractivity contribution in [2.75, 3.05) is 11.9 Å². The number of aromatic nitrogens is 4. The molecule has 8 nitrogen and oxygen atoms in total. The monoisotopic (exact) mass is 435 g/mol. The highest BCUT2D eigenvalue weighted by Gasteiger charge is 2.45. The minimum absolute atomic E-state index is 0.0545. The third-order valence-corrected chi connectivity index (χ3v) is 6.31. The van der Waals surface area contributed by atoms with Crippen molar-refractivity contribution in [2.24, 2.45) is 5.41 Å². The highest BCUT2D eigenvalue weighted by molar-refractivity contribution is 6.44. The van der Waals surface area contributed by atoms with Crippen molar-refractivity contribution >= 4 is 46.4 Å². The molecule has 0 aliphatic heterocycles. The second-order valence-corrected chi connectivity index (χ2v) is 8.10. The van der Waals surface area contributed by atoms with Gasteiger partial charge in [0.1, 0.15) is 10.8 Å². The summed E-state index contributed by atoms with van der Waals surface area (Å²) in [7, 11) is 0. The van der Waals surface area contributed by atoms with Crippen LogP contribution in [0.2, 0.25) is 10.0 Å². The van der Waals surface area contributed by atoms with Gasteiger partial charge in [-0.2, -0.15) is 5.21 Å². The van der Waals surface area contributed by atoms with Crippen molar-refractivity contribution in [2.45, 2.75) is 39.0 Å². The maximum absolute atomic E-state index is 12.1. The van der Waals surface area contributed by atoms with Gasteiger partial charge in [-0.15, -0.1) is 5.10 Å². The lowest BCUT2D eigenvalue weighted by molar-refractivity contribution is -0.118. The van der Waals surface area contributed by atoms with Crippen molar-refractivity contribution in [1.82, 2.24) is 20.6 Å². The Morgan fingerprint density at radius 2 is 2.21 bits per heavy atom. The summed E-state index contributed by atoms with van der Waals surface area (Å²) >= 11 is 13.1. The standard InChI is InChI=1S/C19H19Cl2N5O3/c1-2-4-19-5-3-11(27)7-12(19)15-10(8-19)6-13(16(20)17(15)21)29-9-14(28)22-18-23-25-26-24-18/h6-7H,2-5,8-9H2,1H3,(H2,22,23,24,25,26,28). The summed E-state index contributed by atoms with van der Waals surface area (Å²) in [5.41, 5.74) is 2.72. The minimum atomic E-state index is -0.455. The molecule has 29 heavy (non-hydrogen) atoms. The number of nitrogens with zero attached hydrogens (tertiary/aromatic N) is 3. The van der Waals surface area contributed by atoms with Gasteiger partial charge in [0, 0.05) is 17.4 Å². The number of rotatable bonds is 6. The number of nitrogens with one attached hydrogen (secondary N) is 2. The lowest BCUT2D eigenvalue weighted by Crippen LogP contribution is -2.25. The molecule has 10 heteroatoms. The molecule has 1 heterocycles. The number of anilines is 1. The van der Waals surface area contributed by atoms with Crippen LogP contribution in [0.3, 0.4) is 0 Å². The molecule has 1 unspecified atom stereocenters. The molecule has 2 aliphatic rings. The van der Waals surface area contributed by atoms with Crippen molar-refractivity contribution in [3.63, 3.8) is 0 Å². The van der Waals surface area contributed by atoms with Gasteiger partial charge in [0.05, 0.1) is 5.02 Å². The lowest BCUT2D eigenvalue weighted by atomic mass is 9.70. The third-order valence-electron chi connectivity index (χ3n) is 5.46. The van der Waals surface area contributed by atoms with E-state index in [1.165, 1.54) is 0 Å². The number of halogens is 2. The Morgan fingerprint density at radius 1 is 1.38 bits per heavy atom. The first-order chi connectivity index (χ1) is 13.9. The van der Waals surface area contributed by atoms with Gasteiger partial charge in [0.15, 0.2) is 12.4 Å². The molecule has 0 saturated carbocycles. The molecular weight excluding hydrogens is 417 g/mol. The second kappa shape index (κ2) is 7.76. The number of benzene rings is 1. The Morgan fingerprint density at radius 3 is 2.93 bits per heavy atom. The summed E-state index contributed by atoms with van der Waals surface area (Å²) < 4.78 is 5.62. The van der Waals surface area contributed by atoms with E-state index in [-0.39, 0.29) is 28.8 Å². The number of allylic oxidation sites excluding steroid dienone is 2. The van der Waals surface area contributed by atoms with Gasteiger partial charge in [-0.3, -0.25) is 14.9 Å². The fraction of sp³-hybridized carbons (Fsp3) is 0.421. The van der Waals surface area contributed by atoms with Crippen molar-refractivity contribution in [1.29, 1.82) is 0 Å². The molecule has 2 aromatic rings. The molecule has 2 aliphatic carbocycles. The number of aromatic amines is 1. The molecule has 1 atom stereocenters. The fourth-order valence-corrected chi connectivity index (χ4v) is 4.82. The number of fused-ring (bicyclic) bond motifs is 3. The van der Waals surface area contributed by atoms with E-state index in [0.29, 0.717) is 17.2 Å². The topological polar surface area (TPSA) is 110 Å². The number of hydrogen-bond donors (Lipinski definition) is 2. The average molecular weight is 436 g/mol. The number of carbonyl (C=O) groups is 2. The predicted molar refractivity (Wildman–Crippen MR) is 108 cm³/mol. The van der Waals surface area contributed by atoms with Gasteiger partial charge < -0.3 is 4.74 Å². The maximum Gasteiger partial charge on any atom is 0.269 e. The van der Waals surface area contributed by atoms with E-state index in [2.05, 4.69) is 32.9 Å². The van der Waals surface area contributed by atoms with Crippen LogP contribution in [0, 0.1) is 5.41 Å². The second-order valence-electron chi connectivity index (χ2n) is 7.34. The Balaban J connectivity index is 1.60. The predicted octanol–water partition coefficient (Wildman–Crippen LogP) is 3.61. The molecule has 152 valence electrons. The van der Waals surface area contributed by atoms with Crippen LogP contribution >= 0.6 is 23.2 Å². The van der Waals surface area contributed by atoms with E-state index in [0.717, 1.165) is 42.4 Å². The summed E-state index contributed by atoms with van der Waals surface area (Å²) in [6, 6.07) is 1.83. The van der Waals surface area contributed by atoms with E-state index in [4.69, 9.17) is 27.9 Å². The van der Waals surface area contributed by atoms with E-state index >= 15 is 0 Å². The molecule has 0 fully saturated rings. The number of ether oxygens (including phenoxy) is 1. The van der Waals surface area contributed by atoms with Crippen molar-refractivity contribution in [3.8, 4) is 5.75 Å². The number of ketones is 1. The third kappa shape index (κ3) is 3.62. The van der Waals surface area contributed by atoms with Gasteiger partial charge in [-0.25, -0.2) is 0 Å². The fourth-order valence-electron chi connectivity index (χ4n) is 4.30. The molecule has 0 bridgehead atoms. The van der Waals surface area contributed by atoms with Crippen LogP contribution in [0.5, 0.6) is 5.75 Å². The molecule has 1 amide bonds. The molecule has 0 spiro atoms. The summed E-state index contributed by atoms with van der Waals surface area (Å²) in [6.07, 6.45) is 5.83. The maximum atomic E-state index is 12.1. The van der Waals surface area contributed by atoms with E-state index < -0.39 is 5.91 Å². The average Bonchev–Trinajstić information content (AvgIpc) is 3.29. The Kier molecular flexibility index (Phi) is 5.31. The molecule has 0 radical (unpaired) electrons. The highest BCUT2D eigenvalue weighted by Crippen LogP contribution is 2.58. The van der Waals surface area contributed by atoms with Gasteiger partial charge >= 0.3 is 0 Å². The lowest BCUT2D eigenvalue weighted by Gasteiger charge is -2.33. The molecular formula is C19H19Cl2N5O3. The summed E-state index contributed by atoms with van der Waals surface area (Å²) in [5.74, 6) is 0.0449. The smallest absolute Gasteiger partial charge is 0.269 e. The summed E-state index contributed by atoms with van der Waals surface area (Å²) in [4.78, 5) is 24.1. The number of H-pyrrole nitrogens is 1. The van der Waals surface area contributed by atoms with Gasteiger partial charge in [0.25, 0.3) is 11.9 Å². The zero-order valence-corrected chi connectivity index (χ0v) is 17.2. The number of amides is 1. The first-order valence-electron chi connectivity index (χ1n) is 9.36. The van der Waals surface area contributed by atoms with E-state index in [1.54, 1.807) is 6.08 Å². The number of carbonyl (C=O) groups excluding carboxylic acids is 2. The molecule has 1 aromatic heterocycles. The number of hydrogen-bond acceptors (Lipinski definition) is 6. The quantitative estimate of drug-likeness (QED) is 0.716. The normalized spacial score (nSPS) is 20.1. The zero-order valence-electron chi connectivity index (χ0n) is 15.7. The molecule has 0 saturated heterocycles. The minimum Gasteiger partial charge on any atom is -0.482 e. The Labute approximate surface area is 177 Å². The number of tetrazole rings is 1. The van der Waals surface area contributed by atoms with Gasteiger partial charge in [-0.1, -0.05) is 41.6 Å². The van der Waals surface area contributed by atoms with Crippen LogP contribution in [0.25, 0.3) is 5.57 Å². The van der Waals surface area contributed by atoms with Crippen LogP contribution in [0.15, 0.2) is 12.1 Å². The van der Waals surface area contributed by atoms with Crippen LogP contribution in [-0.2, 0) is 16.0 Å². The van der Waals surface area contributed by atoms with Crippen molar-refractivity contribution < 1.29 is 14.3 Å². The van der Waals surface area contributed by atoms with Gasteiger partial charge in [-0.05, 0) is 47.8 Å². The SMILES string of the molecule is CCCC12CCC(=O)C=C1c1c(cc(OCC(=O)Nc3nn[nH]n3)c(Cl)c1Cl)C2. The Bertz CT molecular complexity index is 1010. The first kappa shape index (κ1) is 19.8. The van der Waals surface area contributed by atoms with Crippen LogP contribution in [0.1, 0.15) is 43.7 Å². The van der Waals surface area contributed by atoms with Crippen LogP contribution in [0.4, 0.5) is 5.95 Å². The first-order valence-corrected chi connectivity index (χ1v) is 10.1. The zero-order chi connectivity index (χ0) is 20.6. The van der Waals surface area contributed by atoms with E-state index in [1.807, 2.05) is 6.07 Å². The Hall–Kier alpha value is -2.45. The molecule has 4 rings (SSSR count). The molecule has 2 N–H and O–H groups in total.